The van der Waals surface area contributed by atoms with Gasteiger partial charge in [0.05, 0.1) is 17.4 Å². The van der Waals surface area contributed by atoms with Crippen molar-refractivity contribution in [2.24, 2.45) is 0 Å². The fourth-order valence-electron chi connectivity index (χ4n) is 3.36. The molecule has 1 aromatic heterocycles. The molecule has 3 aromatic carbocycles. The van der Waals surface area contributed by atoms with Crippen LogP contribution in [0.5, 0.6) is 5.75 Å². The Morgan fingerprint density at radius 3 is 1.95 bits per heavy atom. The molecule has 0 atom stereocenters. The van der Waals surface area contributed by atoms with E-state index >= 15 is 0 Å². The smallest absolute Gasteiger partial charge is 0.433 e. The molecule has 4 rings (SSSR count). The molecule has 192 valence electrons. The summed E-state index contributed by atoms with van der Waals surface area (Å²) in [5, 5.41) is 25.7. The molecule has 4 aromatic rings. The molecule has 0 fully saturated rings. The number of rotatable bonds is 9. The molecule has 3 N–H and O–H groups in total. The third kappa shape index (κ3) is 6.31. The maximum Gasteiger partial charge on any atom is 0.433 e. The Labute approximate surface area is 215 Å². The van der Waals surface area contributed by atoms with E-state index in [0.717, 1.165) is 11.0 Å². The van der Waals surface area contributed by atoms with Crippen molar-refractivity contribution in [3.05, 3.63) is 107 Å². The van der Waals surface area contributed by atoms with Gasteiger partial charge in [0.1, 0.15) is 10.7 Å². The van der Waals surface area contributed by atoms with Crippen molar-refractivity contribution < 1.29 is 33.6 Å². The molecule has 0 saturated carbocycles. The number of anilines is 4. The van der Waals surface area contributed by atoms with Crippen molar-refractivity contribution in [3.8, 4) is 5.75 Å². The van der Waals surface area contributed by atoms with Gasteiger partial charge in [0.15, 0.2) is 12.4 Å². The average molecular weight is 516 g/mol. The largest absolute Gasteiger partial charge is 0.484 e. The first-order valence-electron chi connectivity index (χ1n) is 11.1. The van der Waals surface area contributed by atoms with Crippen molar-refractivity contribution >= 4 is 46.5 Å². The minimum Gasteiger partial charge on any atom is -0.484 e. The molecule has 12 heteroatoms. The van der Waals surface area contributed by atoms with Crippen LogP contribution in [0.3, 0.4) is 0 Å². The number of carboxylic acid groups (broad SMARTS) is 1. The quantitative estimate of drug-likeness (QED) is 0.200. The van der Waals surface area contributed by atoms with Gasteiger partial charge in [-0.15, -0.1) is 0 Å². The number of carbonyl (C=O) groups excluding carboxylic acids is 2. The lowest BCUT2D eigenvalue weighted by molar-refractivity contribution is -0.402. The number of benzene rings is 3. The summed E-state index contributed by atoms with van der Waals surface area (Å²) in [7, 11) is 0. The molecular weight excluding hydrogens is 496 g/mol. The standard InChI is InChI=1S/C26H20N4O8/c31-23(16-37-21-4-2-1-3-5-21)27-17-6-10-19(11-7-17)29(26(33)34)20-12-8-18(9-13-20)28-25(32)22-14-15-24(38-22)30(35)36/h1-15H,16H2,(H,27,31)(H,28,32)(H,33,34). The van der Waals surface area contributed by atoms with Gasteiger partial charge in [-0.2, -0.15) is 0 Å². The normalized spacial score (nSPS) is 10.3. The summed E-state index contributed by atoms with van der Waals surface area (Å²) in [6, 6.07) is 23.2. The van der Waals surface area contributed by atoms with Gasteiger partial charge in [0.2, 0.25) is 0 Å². The summed E-state index contributed by atoms with van der Waals surface area (Å²) in [6.45, 7) is -0.188. The van der Waals surface area contributed by atoms with Gasteiger partial charge in [0, 0.05) is 11.4 Å². The average Bonchev–Trinajstić information content (AvgIpc) is 3.41. The van der Waals surface area contributed by atoms with E-state index in [4.69, 9.17) is 9.15 Å². The van der Waals surface area contributed by atoms with Crippen LogP contribution in [0.25, 0.3) is 0 Å². The van der Waals surface area contributed by atoms with Crippen molar-refractivity contribution in [1.82, 2.24) is 0 Å². The lowest BCUT2D eigenvalue weighted by atomic mass is 10.2. The Bertz CT molecular complexity index is 1450. The number of nitro groups is 1. The summed E-state index contributed by atoms with van der Waals surface area (Å²) in [6.07, 6.45) is -1.25. The second-order valence-corrected chi connectivity index (χ2v) is 7.71. The predicted octanol–water partition coefficient (Wildman–Crippen LogP) is 5.27. The SMILES string of the molecule is O=C(COc1ccccc1)Nc1ccc(N(C(=O)O)c2ccc(NC(=O)c3ccc([N+](=O)[O-])o3)cc2)cc1. The van der Waals surface area contributed by atoms with E-state index in [1.54, 1.807) is 36.4 Å². The van der Waals surface area contributed by atoms with Gasteiger partial charge < -0.3 is 24.9 Å². The lowest BCUT2D eigenvalue weighted by Gasteiger charge is -2.20. The van der Waals surface area contributed by atoms with Gasteiger partial charge in [-0.1, -0.05) is 18.2 Å². The Hall–Kier alpha value is -5.65. The van der Waals surface area contributed by atoms with Crippen LogP contribution in [0, 0.1) is 10.1 Å². The number of hydrogen-bond acceptors (Lipinski definition) is 7. The number of hydrogen-bond donors (Lipinski definition) is 3. The molecular formula is C26H20N4O8. The molecule has 12 nitrogen and oxygen atoms in total. The summed E-state index contributed by atoms with van der Waals surface area (Å²) >= 11 is 0. The summed E-state index contributed by atoms with van der Waals surface area (Å²) in [5.41, 5.74) is 1.38. The number of nitrogens with zero attached hydrogens (tertiary/aromatic N) is 2. The zero-order valence-corrected chi connectivity index (χ0v) is 19.6. The second kappa shape index (κ2) is 11.4. The third-order valence-corrected chi connectivity index (χ3v) is 5.09. The van der Waals surface area contributed by atoms with Crippen molar-refractivity contribution in [2.75, 3.05) is 22.1 Å². The van der Waals surface area contributed by atoms with E-state index in [2.05, 4.69) is 10.6 Å². The van der Waals surface area contributed by atoms with Gasteiger partial charge in [-0.3, -0.25) is 19.7 Å². The Morgan fingerprint density at radius 1 is 0.842 bits per heavy atom. The minimum atomic E-state index is -1.25. The first-order valence-corrected chi connectivity index (χ1v) is 11.1. The number of para-hydroxylation sites is 1. The van der Waals surface area contributed by atoms with Crippen LogP contribution < -0.4 is 20.3 Å². The van der Waals surface area contributed by atoms with E-state index < -0.39 is 22.8 Å². The maximum absolute atomic E-state index is 12.3. The number of ether oxygens (including phenoxy) is 1. The molecule has 0 bridgehead atoms. The van der Waals surface area contributed by atoms with Gasteiger partial charge in [-0.05, 0) is 66.7 Å². The highest BCUT2D eigenvalue weighted by Gasteiger charge is 2.19. The molecule has 0 saturated heterocycles. The molecule has 0 unspecified atom stereocenters. The van der Waals surface area contributed by atoms with Crippen LogP contribution in [0.4, 0.5) is 33.4 Å². The molecule has 0 aliphatic heterocycles. The number of nitrogens with one attached hydrogen (secondary N) is 2. The van der Waals surface area contributed by atoms with Crippen molar-refractivity contribution in [1.29, 1.82) is 0 Å². The fourth-order valence-corrected chi connectivity index (χ4v) is 3.36. The van der Waals surface area contributed by atoms with E-state index in [1.165, 1.54) is 42.5 Å². The molecule has 0 spiro atoms. The Kier molecular flexibility index (Phi) is 7.63. The van der Waals surface area contributed by atoms with Crippen LogP contribution in [0.15, 0.2) is 95.4 Å². The highest BCUT2D eigenvalue weighted by molar-refractivity contribution is 6.03. The molecule has 38 heavy (non-hydrogen) atoms. The molecule has 0 radical (unpaired) electrons. The van der Waals surface area contributed by atoms with Crippen molar-refractivity contribution in [2.45, 2.75) is 0 Å². The summed E-state index contributed by atoms with van der Waals surface area (Å²) in [4.78, 5) is 47.4. The summed E-state index contributed by atoms with van der Waals surface area (Å²) < 4.78 is 10.3. The lowest BCUT2D eigenvalue weighted by Crippen LogP contribution is -2.24. The molecule has 3 amide bonds. The van der Waals surface area contributed by atoms with E-state index in [0.29, 0.717) is 22.8 Å². The topological polar surface area (TPSA) is 164 Å². The highest BCUT2D eigenvalue weighted by atomic mass is 16.6. The number of furan rings is 1. The Balaban J connectivity index is 1.39. The number of carbonyl (C=O) groups is 3. The van der Waals surface area contributed by atoms with Crippen LogP contribution in [-0.2, 0) is 4.79 Å². The first-order chi connectivity index (χ1) is 18.3. The van der Waals surface area contributed by atoms with Crippen LogP contribution in [-0.4, -0.2) is 34.5 Å². The zero-order chi connectivity index (χ0) is 27.1. The fraction of sp³-hybridized carbons (Fsp3) is 0.0385. The minimum absolute atomic E-state index is 0.188. The third-order valence-electron chi connectivity index (χ3n) is 5.09. The van der Waals surface area contributed by atoms with Gasteiger partial charge >= 0.3 is 12.0 Å². The van der Waals surface area contributed by atoms with Crippen LogP contribution >= 0.6 is 0 Å². The monoisotopic (exact) mass is 516 g/mol. The van der Waals surface area contributed by atoms with Crippen LogP contribution in [0.2, 0.25) is 0 Å². The number of amides is 3. The van der Waals surface area contributed by atoms with E-state index in [-0.39, 0.29) is 24.0 Å². The second-order valence-electron chi connectivity index (χ2n) is 7.71. The van der Waals surface area contributed by atoms with E-state index in [9.17, 15) is 29.6 Å². The van der Waals surface area contributed by atoms with E-state index in [1.807, 2.05) is 6.07 Å². The molecule has 0 aliphatic rings. The first kappa shape index (κ1) is 25.4. The van der Waals surface area contributed by atoms with Crippen LogP contribution in [0.1, 0.15) is 10.6 Å². The zero-order valence-electron chi connectivity index (χ0n) is 19.6. The maximum atomic E-state index is 12.3. The Morgan fingerprint density at radius 2 is 1.42 bits per heavy atom. The highest BCUT2D eigenvalue weighted by Crippen LogP contribution is 2.28. The summed E-state index contributed by atoms with van der Waals surface area (Å²) in [5.74, 6) is -1.32. The van der Waals surface area contributed by atoms with Gasteiger partial charge in [0.25, 0.3) is 11.8 Å². The molecule has 0 aliphatic carbocycles. The van der Waals surface area contributed by atoms with Crippen molar-refractivity contribution in [3.63, 3.8) is 0 Å². The molecule has 1 heterocycles. The predicted molar refractivity (Wildman–Crippen MR) is 137 cm³/mol. The van der Waals surface area contributed by atoms with Gasteiger partial charge in [-0.25, -0.2) is 9.69 Å².